The number of rotatable bonds is 11. The second-order valence-electron chi connectivity index (χ2n) is 11.7. The van der Waals surface area contributed by atoms with Crippen molar-refractivity contribution in [3.63, 3.8) is 0 Å². The normalized spacial score (nSPS) is 20.9. The van der Waals surface area contributed by atoms with Gasteiger partial charge in [-0.15, -0.1) is 0 Å². The van der Waals surface area contributed by atoms with Crippen LogP contribution >= 0.6 is 0 Å². The van der Waals surface area contributed by atoms with E-state index in [-0.39, 0.29) is 25.0 Å². The molecular weight excluding hydrogens is 528 g/mol. The maximum absolute atomic E-state index is 13.8. The van der Waals surface area contributed by atoms with Crippen molar-refractivity contribution in [2.75, 3.05) is 25.2 Å². The molecular formula is C35H44N2O5. The summed E-state index contributed by atoms with van der Waals surface area (Å²) in [6.45, 7) is 8.72. The van der Waals surface area contributed by atoms with Gasteiger partial charge in [-0.1, -0.05) is 66.6 Å². The number of aliphatic hydroxyl groups excluding tert-OH is 1. The van der Waals surface area contributed by atoms with Crippen LogP contribution in [0.1, 0.15) is 63.6 Å². The third-order valence-corrected chi connectivity index (χ3v) is 8.45. The van der Waals surface area contributed by atoms with Gasteiger partial charge in [0, 0.05) is 31.0 Å². The molecule has 0 saturated heterocycles. The van der Waals surface area contributed by atoms with Crippen LogP contribution in [-0.4, -0.2) is 53.2 Å². The van der Waals surface area contributed by atoms with Crippen molar-refractivity contribution < 1.29 is 24.5 Å². The van der Waals surface area contributed by atoms with Crippen LogP contribution in [0.4, 0.5) is 5.69 Å². The molecule has 3 atom stereocenters. The molecule has 2 aliphatic rings. The Morgan fingerprint density at radius 2 is 1.88 bits per heavy atom. The molecule has 42 heavy (non-hydrogen) atoms. The van der Waals surface area contributed by atoms with Crippen LogP contribution < -0.4 is 9.64 Å². The Kier molecular flexibility index (Phi) is 10.1. The van der Waals surface area contributed by atoms with Crippen LogP contribution in [-0.2, 0) is 28.2 Å². The molecule has 4 rings (SSSR count). The number of benzene rings is 2. The summed E-state index contributed by atoms with van der Waals surface area (Å²) in [6.07, 6.45) is 10.3. The van der Waals surface area contributed by atoms with E-state index < -0.39 is 17.4 Å². The lowest BCUT2D eigenvalue weighted by molar-refractivity contribution is -0.139. The Labute approximate surface area is 249 Å². The zero-order chi connectivity index (χ0) is 30.4. The number of amides is 2. The van der Waals surface area contributed by atoms with Crippen molar-refractivity contribution in [1.82, 2.24) is 4.90 Å². The molecule has 2 aliphatic heterocycles. The van der Waals surface area contributed by atoms with E-state index in [4.69, 9.17) is 4.74 Å². The minimum atomic E-state index is -1.80. The molecule has 2 aromatic carbocycles. The predicted molar refractivity (Wildman–Crippen MR) is 166 cm³/mol. The van der Waals surface area contributed by atoms with Crippen molar-refractivity contribution in [3.8, 4) is 5.75 Å². The number of fused-ring (bicyclic) bond motifs is 2. The number of hydrogen-bond acceptors (Lipinski definition) is 5. The number of nitrogens with zero attached hydrogens (tertiary/aromatic N) is 2. The van der Waals surface area contributed by atoms with Crippen LogP contribution in [0.5, 0.6) is 5.75 Å². The lowest BCUT2D eigenvalue weighted by Crippen LogP contribution is -2.46. The average molecular weight is 573 g/mol. The number of carbonyl (C=O) groups excluding carboxylic acids is 2. The molecule has 0 unspecified atom stereocenters. The van der Waals surface area contributed by atoms with Gasteiger partial charge in [-0.25, -0.2) is 0 Å². The second-order valence-corrected chi connectivity index (χ2v) is 11.7. The van der Waals surface area contributed by atoms with E-state index in [1.807, 2.05) is 36.4 Å². The first-order chi connectivity index (χ1) is 20.1. The van der Waals surface area contributed by atoms with Crippen molar-refractivity contribution in [2.45, 2.75) is 71.6 Å². The molecule has 0 bridgehead atoms. The van der Waals surface area contributed by atoms with Crippen molar-refractivity contribution in [3.05, 3.63) is 94.6 Å². The molecule has 0 aromatic heterocycles. The first kappa shape index (κ1) is 31.3. The van der Waals surface area contributed by atoms with E-state index in [0.717, 1.165) is 24.0 Å². The monoisotopic (exact) mass is 572 g/mol. The van der Waals surface area contributed by atoms with Crippen molar-refractivity contribution >= 4 is 17.5 Å². The van der Waals surface area contributed by atoms with Gasteiger partial charge in [0.2, 0.25) is 5.91 Å². The van der Waals surface area contributed by atoms with Crippen molar-refractivity contribution in [2.24, 2.45) is 5.92 Å². The van der Waals surface area contributed by atoms with Gasteiger partial charge in [0.05, 0.1) is 25.4 Å². The first-order valence-electron chi connectivity index (χ1n) is 14.8. The minimum Gasteiger partial charge on any atom is -0.497 e. The molecule has 2 amide bonds. The van der Waals surface area contributed by atoms with Crippen LogP contribution in [0.3, 0.4) is 0 Å². The molecule has 0 radical (unpaired) electrons. The highest BCUT2D eigenvalue weighted by Gasteiger charge is 2.52. The fourth-order valence-corrected chi connectivity index (χ4v) is 5.84. The standard InChI is InChI=1S/C35H44N2O5/c1-24(2)10-8-11-25(3)18-19-36-32-17-16-30(42-5)21-31(32)35(41,34(36)40)26(4)12-9-15-33(39)37-22-28-14-7-6-13-27(28)20-29(37)23-38/h6-7,9-10,12-14,16-18,21,26,29,38,41H,8,11,15,19-20,22-23H2,1-5H3/b12-9+,25-18+/t26-,29-,35+/m0/s1. The molecule has 0 saturated carbocycles. The lowest BCUT2D eigenvalue weighted by Gasteiger charge is -2.36. The Balaban J connectivity index is 1.51. The first-order valence-corrected chi connectivity index (χ1v) is 14.8. The summed E-state index contributed by atoms with van der Waals surface area (Å²) in [5.41, 5.74) is 4.06. The van der Waals surface area contributed by atoms with Gasteiger partial charge in [0.1, 0.15) is 5.75 Å². The molecule has 2 heterocycles. The summed E-state index contributed by atoms with van der Waals surface area (Å²) < 4.78 is 5.42. The fraction of sp³-hybridized carbons (Fsp3) is 0.429. The number of aliphatic hydroxyl groups is 2. The number of allylic oxidation sites excluding steroid dienone is 3. The quantitative estimate of drug-likeness (QED) is 0.350. The smallest absolute Gasteiger partial charge is 0.264 e. The number of methoxy groups -OCH3 is 1. The SMILES string of the molecule is COc1ccc2c(c1)[C@](O)([C@@H](C)/C=C/CC(=O)N1Cc3ccccc3C[C@H]1CO)C(=O)N2C/C=C(\C)CCC=C(C)C. The van der Waals surface area contributed by atoms with Gasteiger partial charge in [0.25, 0.3) is 5.91 Å². The highest BCUT2D eigenvalue weighted by Crippen LogP contribution is 2.46. The molecule has 224 valence electrons. The number of hydrogen-bond donors (Lipinski definition) is 2. The van der Waals surface area contributed by atoms with E-state index >= 15 is 0 Å². The highest BCUT2D eigenvalue weighted by atomic mass is 16.5. The molecule has 0 spiro atoms. The Morgan fingerprint density at radius 3 is 2.57 bits per heavy atom. The number of ether oxygens (including phenoxy) is 1. The molecule has 7 nitrogen and oxygen atoms in total. The predicted octanol–water partition coefficient (Wildman–Crippen LogP) is 5.45. The maximum Gasteiger partial charge on any atom is 0.264 e. The zero-order valence-corrected chi connectivity index (χ0v) is 25.5. The van der Waals surface area contributed by atoms with E-state index in [1.54, 1.807) is 48.1 Å². The molecule has 2 aromatic rings. The van der Waals surface area contributed by atoms with E-state index in [1.165, 1.54) is 11.1 Å². The fourth-order valence-electron chi connectivity index (χ4n) is 5.84. The molecule has 2 N–H and O–H groups in total. The summed E-state index contributed by atoms with van der Waals surface area (Å²) in [7, 11) is 1.56. The van der Waals surface area contributed by atoms with Gasteiger partial charge in [-0.2, -0.15) is 0 Å². The number of carbonyl (C=O) groups is 2. The van der Waals surface area contributed by atoms with Gasteiger partial charge in [-0.3, -0.25) is 9.59 Å². The maximum atomic E-state index is 13.8. The van der Waals surface area contributed by atoms with Gasteiger partial charge in [-0.05, 0) is 69.4 Å². The molecule has 0 fully saturated rings. The summed E-state index contributed by atoms with van der Waals surface area (Å²) >= 11 is 0. The van der Waals surface area contributed by atoms with E-state index in [0.29, 0.717) is 36.5 Å². The summed E-state index contributed by atoms with van der Waals surface area (Å²) in [6, 6.07) is 13.1. The third-order valence-electron chi connectivity index (χ3n) is 8.45. The Morgan fingerprint density at radius 1 is 1.14 bits per heavy atom. The topological polar surface area (TPSA) is 90.3 Å². The number of anilines is 1. The Bertz CT molecular complexity index is 1390. The van der Waals surface area contributed by atoms with Gasteiger partial charge < -0.3 is 24.7 Å². The van der Waals surface area contributed by atoms with Crippen LogP contribution in [0.25, 0.3) is 0 Å². The van der Waals surface area contributed by atoms with Gasteiger partial charge >= 0.3 is 0 Å². The lowest BCUT2D eigenvalue weighted by atomic mass is 9.83. The second kappa shape index (κ2) is 13.5. The molecule has 7 heteroatoms. The minimum absolute atomic E-state index is 0.103. The van der Waals surface area contributed by atoms with Gasteiger partial charge in [0.15, 0.2) is 5.60 Å². The van der Waals surface area contributed by atoms with Crippen LogP contribution in [0.2, 0.25) is 0 Å². The van der Waals surface area contributed by atoms with Crippen LogP contribution in [0.15, 0.2) is 77.9 Å². The van der Waals surface area contributed by atoms with E-state index in [2.05, 4.69) is 26.8 Å². The summed E-state index contributed by atoms with van der Waals surface area (Å²) in [5.74, 6) is -0.543. The largest absolute Gasteiger partial charge is 0.497 e. The highest BCUT2D eigenvalue weighted by molar-refractivity contribution is 6.07. The van der Waals surface area contributed by atoms with Crippen LogP contribution in [0, 0.1) is 5.92 Å². The van der Waals surface area contributed by atoms with Crippen molar-refractivity contribution in [1.29, 1.82) is 0 Å². The Hall–Kier alpha value is -3.68. The van der Waals surface area contributed by atoms with E-state index in [9.17, 15) is 19.8 Å². The average Bonchev–Trinajstić information content (AvgIpc) is 3.20. The third kappa shape index (κ3) is 6.53. The summed E-state index contributed by atoms with van der Waals surface area (Å²) in [4.78, 5) is 30.4. The summed E-state index contributed by atoms with van der Waals surface area (Å²) in [5, 5.41) is 21.9. The zero-order valence-electron chi connectivity index (χ0n) is 25.5. The molecule has 0 aliphatic carbocycles.